The van der Waals surface area contributed by atoms with Gasteiger partial charge in [0.25, 0.3) is 0 Å². The third-order valence-electron chi connectivity index (χ3n) is 5.21. The molecule has 1 aromatic carbocycles. The van der Waals surface area contributed by atoms with E-state index in [4.69, 9.17) is 5.73 Å². The van der Waals surface area contributed by atoms with Gasteiger partial charge in [-0.3, -0.25) is 14.5 Å². The van der Waals surface area contributed by atoms with E-state index in [-0.39, 0.29) is 11.8 Å². The molecule has 0 atom stereocenters. The predicted molar refractivity (Wildman–Crippen MR) is 98.0 cm³/mol. The fourth-order valence-electron chi connectivity index (χ4n) is 3.60. The Morgan fingerprint density at radius 1 is 0.880 bits per heavy atom. The summed E-state index contributed by atoms with van der Waals surface area (Å²) in [5.41, 5.74) is 7.70. The van der Waals surface area contributed by atoms with Crippen molar-refractivity contribution in [1.29, 1.82) is 0 Å². The molecule has 2 fully saturated rings. The average molecular weight is 344 g/mol. The predicted octanol–water partition coefficient (Wildman–Crippen LogP) is 0.968. The second-order valence-corrected chi connectivity index (χ2v) is 6.94. The van der Waals surface area contributed by atoms with Gasteiger partial charge in [0.2, 0.25) is 11.8 Å². The molecule has 0 aromatic heterocycles. The lowest BCUT2D eigenvalue weighted by atomic mass is 10.1. The minimum absolute atomic E-state index is 0.148. The van der Waals surface area contributed by atoms with Gasteiger partial charge in [-0.1, -0.05) is 18.2 Å². The monoisotopic (exact) mass is 344 g/mol. The average Bonchev–Trinajstić information content (AvgIpc) is 3.14. The van der Waals surface area contributed by atoms with Crippen molar-refractivity contribution in [3.63, 3.8) is 0 Å². The summed E-state index contributed by atoms with van der Waals surface area (Å²) in [6.07, 6.45) is 3.53. The number of hydrogen-bond donors (Lipinski definition) is 1. The number of nitrogen functional groups attached to an aromatic ring is 1. The quantitative estimate of drug-likeness (QED) is 0.808. The first-order valence-electron chi connectivity index (χ1n) is 9.25. The molecule has 0 unspecified atom stereocenters. The number of para-hydroxylation sites is 1. The van der Waals surface area contributed by atoms with Crippen molar-refractivity contribution in [2.45, 2.75) is 25.7 Å². The van der Waals surface area contributed by atoms with Crippen molar-refractivity contribution in [2.75, 3.05) is 51.5 Å². The van der Waals surface area contributed by atoms with Crippen molar-refractivity contribution in [1.82, 2.24) is 14.7 Å². The Morgan fingerprint density at radius 3 is 2.12 bits per heavy atom. The van der Waals surface area contributed by atoms with Crippen LogP contribution in [-0.4, -0.2) is 72.3 Å². The Balaban J connectivity index is 1.41. The fraction of sp³-hybridized carbons (Fsp3) is 0.579. The van der Waals surface area contributed by atoms with Gasteiger partial charge in [0.05, 0.1) is 6.54 Å². The Kier molecular flexibility index (Phi) is 5.91. The summed E-state index contributed by atoms with van der Waals surface area (Å²) < 4.78 is 0. The molecule has 25 heavy (non-hydrogen) atoms. The molecule has 0 radical (unpaired) electrons. The van der Waals surface area contributed by atoms with Crippen LogP contribution < -0.4 is 5.73 Å². The maximum atomic E-state index is 12.4. The zero-order valence-electron chi connectivity index (χ0n) is 14.8. The Labute approximate surface area is 149 Å². The number of aryl methyl sites for hydroxylation is 1. The van der Waals surface area contributed by atoms with Gasteiger partial charge in [0.15, 0.2) is 0 Å². The molecule has 0 spiro atoms. The van der Waals surface area contributed by atoms with Crippen LogP contribution in [0.5, 0.6) is 0 Å². The molecule has 0 aliphatic carbocycles. The molecule has 2 heterocycles. The van der Waals surface area contributed by atoms with Gasteiger partial charge in [0.1, 0.15) is 0 Å². The number of piperazine rings is 1. The number of benzene rings is 1. The van der Waals surface area contributed by atoms with Crippen LogP contribution in [0.4, 0.5) is 5.69 Å². The summed E-state index contributed by atoms with van der Waals surface area (Å²) in [6.45, 7) is 5.16. The first kappa shape index (κ1) is 17.7. The van der Waals surface area contributed by atoms with Crippen LogP contribution in [0.25, 0.3) is 0 Å². The molecule has 6 heteroatoms. The van der Waals surface area contributed by atoms with Crippen LogP contribution in [0, 0.1) is 0 Å². The first-order chi connectivity index (χ1) is 12.1. The highest BCUT2D eigenvalue weighted by Gasteiger charge is 2.25. The van der Waals surface area contributed by atoms with Gasteiger partial charge >= 0.3 is 0 Å². The van der Waals surface area contributed by atoms with Crippen molar-refractivity contribution in [3.05, 3.63) is 29.8 Å². The lowest BCUT2D eigenvalue weighted by Gasteiger charge is -2.35. The number of likely N-dealkylation sites (tertiary alicyclic amines) is 1. The van der Waals surface area contributed by atoms with Crippen LogP contribution in [0.15, 0.2) is 24.3 Å². The van der Waals surface area contributed by atoms with Gasteiger partial charge in [0, 0.05) is 38.3 Å². The van der Waals surface area contributed by atoms with E-state index < -0.39 is 0 Å². The number of hydrogen-bond acceptors (Lipinski definition) is 4. The maximum Gasteiger partial charge on any atom is 0.236 e. The molecule has 2 N–H and O–H groups in total. The second kappa shape index (κ2) is 8.34. The summed E-state index contributed by atoms with van der Waals surface area (Å²) >= 11 is 0. The van der Waals surface area contributed by atoms with Gasteiger partial charge in [-0.15, -0.1) is 0 Å². The standard InChI is InChI=1S/C19H28N4O2/c20-17-6-2-1-5-16(17)7-8-18(24)22-11-13-23(14-12-22)19(25)15-21-9-3-4-10-21/h1-2,5-6H,3-4,7-15,20H2. The van der Waals surface area contributed by atoms with Gasteiger partial charge in [-0.25, -0.2) is 0 Å². The van der Waals surface area contributed by atoms with Gasteiger partial charge < -0.3 is 15.5 Å². The third kappa shape index (κ3) is 4.72. The number of anilines is 1. The normalized spacial score (nSPS) is 18.6. The third-order valence-corrected chi connectivity index (χ3v) is 5.21. The Hall–Kier alpha value is -2.08. The van der Waals surface area contributed by atoms with E-state index in [2.05, 4.69) is 4.90 Å². The zero-order chi connectivity index (χ0) is 17.6. The van der Waals surface area contributed by atoms with Crippen molar-refractivity contribution in [2.24, 2.45) is 0 Å². The summed E-state index contributed by atoms with van der Waals surface area (Å²) in [5.74, 6) is 0.348. The minimum atomic E-state index is 0.148. The van der Waals surface area contributed by atoms with Crippen molar-refractivity contribution >= 4 is 17.5 Å². The SMILES string of the molecule is Nc1ccccc1CCC(=O)N1CCN(C(=O)CN2CCCC2)CC1. The van der Waals surface area contributed by atoms with E-state index in [1.807, 2.05) is 34.1 Å². The zero-order valence-corrected chi connectivity index (χ0v) is 14.8. The highest BCUT2D eigenvalue weighted by atomic mass is 16.2. The molecule has 2 aliphatic heterocycles. The molecule has 2 amide bonds. The summed E-state index contributed by atoms with van der Waals surface area (Å²) in [7, 11) is 0. The maximum absolute atomic E-state index is 12.4. The van der Waals surface area contributed by atoms with E-state index in [0.717, 1.165) is 24.3 Å². The van der Waals surface area contributed by atoms with Gasteiger partial charge in [-0.05, 0) is 44.0 Å². The molecule has 3 rings (SSSR count). The van der Waals surface area contributed by atoms with Crippen molar-refractivity contribution in [3.8, 4) is 0 Å². The fourth-order valence-corrected chi connectivity index (χ4v) is 3.60. The molecule has 6 nitrogen and oxygen atoms in total. The van der Waals surface area contributed by atoms with Crippen molar-refractivity contribution < 1.29 is 9.59 Å². The van der Waals surface area contributed by atoms with Crippen LogP contribution in [-0.2, 0) is 16.0 Å². The second-order valence-electron chi connectivity index (χ2n) is 6.94. The largest absolute Gasteiger partial charge is 0.399 e. The molecule has 0 bridgehead atoms. The Morgan fingerprint density at radius 2 is 1.48 bits per heavy atom. The highest BCUT2D eigenvalue weighted by molar-refractivity contribution is 5.80. The lowest BCUT2D eigenvalue weighted by Crippen LogP contribution is -2.52. The summed E-state index contributed by atoms with van der Waals surface area (Å²) in [5, 5.41) is 0. The van der Waals surface area contributed by atoms with Gasteiger partial charge in [-0.2, -0.15) is 0 Å². The van der Waals surface area contributed by atoms with E-state index >= 15 is 0 Å². The molecule has 1 aromatic rings. The molecule has 0 saturated carbocycles. The molecule has 2 aliphatic rings. The highest BCUT2D eigenvalue weighted by Crippen LogP contribution is 2.14. The topological polar surface area (TPSA) is 69.9 Å². The van der Waals surface area contributed by atoms with E-state index in [0.29, 0.717) is 45.6 Å². The number of carbonyl (C=O) groups excluding carboxylic acids is 2. The molecule has 2 saturated heterocycles. The van der Waals surface area contributed by atoms with Crippen LogP contribution in [0.2, 0.25) is 0 Å². The van der Waals surface area contributed by atoms with Crippen LogP contribution in [0.3, 0.4) is 0 Å². The van der Waals surface area contributed by atoms with Crippen LogP contribution in [0.1, 0.15) is 24.8 Å². The number of rotatable bonds is 5. The van der Waals surface area contributed by atoms with Crippen LogP contribution >= 0.6 is 0 Å². The van der Waals surface area contributed by atoms with E-state index in [9.17, 15) is 9.59 Å². The Bertz CT molecular complexity index is 605. The summed E-state index contributed by atoms with van der Waals surface area (Å²) in [4.78, 5) is 30.8. The first-order valence-corrected chi connectivity index (χ1v) is 9.25. The molecule has 136 valence electrons. The van der Waals surface area contributed by atoms with E-state index in [1.165, 1.54) is 12.8 Å². The smallest absolute Gasteiger partial charge is 0.236 e. The summed E-state index contributed by atoms with van der Waals surface area (Å²) in [6, 6.07) is 7.68. The number of amides is 2. The van der Waals surface area contributed by atoms with E-state index in [1.54, 1.807) is 0 Å². The number of nitrogens with zero attached hydrogens (tertiary/aromatic N) is 3. The molecular formula is C19H28N4O2. The molecular weight excluding hydrogens is 316 g/mol. The number of nitrogens with two attached hydrogens (primary N) is 1. The lowest BCUT2D eigenvalue weighted by molar-refractivity contribution is -0.140. The number of carbonyl (C=O) groups is 2. The minimum Gasteiger partial charge on any atom is -0.399 e.